The SMILES string of the molecule is CC(C)(F)CC[C@H](C[C@H](O)[C@H](Cc1ccccc1)NC(=O)c1cnc2ccccc2n1)C(=O)NCCc1cccs1. The molecule has 4 aromatic rings. The smallest absolute Gasteiger partial charge is 0.271 e. The minimum Gasteiger partial charge on any atom is -0.391 e. The molecule has 9 heteroatoms. The Morgan fingerprint density at radius 1 is 1.02 bits per heavy atom. The van der Waals surface area contributed by atoms with Crippen molar-refractivity contribution in [1.82, 2.24) is 20.6 Å². The van der Waals surface area contributed by atoms with Crippen molar-refractivity contribution in [2.75, 3.05) is 6.54 Å². The Kier molecular flexibility index (Phi) is 10.5. The number of alkyl halides is 1. The highest BCUT2D eigenvalue weighted by Gasteiger charge is 2.30. The van der Waals surface area contributed by atoms with E-state index in [9.17, 15) is 19.1 Å². The second-order valence-corrected chi connectivity index (χ2v) is 11.9. The number of amides is 2. The van der Waals surface area contributed by atoms with Gasteiger partial charge in [-0.05, 0) is 75.1 Å². The number of fused-ring (bicyclic) bond motifs is 1. The van der Waals surface area contributed by atoms with E-state index in [1.807, 2.05) is 66.0 Å². The van der Waals surface area contributed by atoms with Crippen molar-refractivity contribution in [3.8, 4) is 0 Å². The minimum absolute atomic E-state index is 0.0715. The highest BCUT2D eigenvalue weighted by atomic mass is 32.1. The third-order valence-electron chi connectivity index (χ3n) is 7.00. The van der Waals surface area contributed by atoms with Gasteiger partial charge in [0.15, 0.2) is 0 Å². The summed E-state index contributed by atoms with van der Waals surface area (Å²) < 4.78 is 14.4. The number of benzene rings is 2. The van der Waals surface area contributed by atoms with E-state index >= 15 is 0 Å². The van der Waals surface area contributed by atoms with Gasteiger partial charge in [-0.1, -0.05) is 48.5 Å². The van der Waals surface area contributed by atoms with E-state index in [4.69, 9.17) is 0 Å². The van der Waals surface area contributed by atoms with E-state index in [1.165, 1.54) is 20.0 Å². The summed E-state index contributed by atoms with van der Waals surface area (Å²) in [4.78, 5) is 36.4. The Morgan fingerprint density at radius 3 is 2.46 bits per heavy atom. The zero-order chi connectivity index (χ0) is 29.2. The molecule has 2 aromatic carbocycles. The maximum absolute atomic E-state index is 14.4. The molecule has 0 radical (unpaired) electrons. The van der Waals surface area contributed by atoms with Gasteiger partial charge in [-0.3, -0.25) is 14.6 Å². The number of rotatable bonds is 14. The van der Waals surface area contributed by atoms with E-state index in [2.05, 4.69) is 20.6 Å². The van der Waals surface area contributed by atoms with Crippen LogP contribution in [0.2, 0.25) is 0 Å². The summed E-state index contributed by atoms with van der Waals surface area (Å²) in [7, 11) is 0. The van der Waals surface area contributed by atoms with Crippen LogP contribution in [0.1, 0.15) is 54.0 Å². The molecule has 0 aliphatic rings. The van der Waals surface area contributed by atoms with E-state index in [-0.39, 0.29) is 30.9 Å². The highest BCUT2D eigenvalue weighted by molar-refractivity contribution is 7.09. The molecule has 2 amide bonds. The van der Waals surface area contributed by atoms with Gasteiger partial charge in [-0.2, -0.15) is 0 Å². The number of thiophene rings is 1. The van der Waals surface area contributed by atoms with Crippen molar-refractivity contribution in [2.24, 2.45) is 5.92 Å². The lowest BCUT2D eigenvalue weighted by molar-refractivity contribution is -0.126. The maximum Gasteiger partial charge on any atom is 0.271 e. The number of carbonyl (C=O) groups is 2. The molecule has 0 fully saturated rings. The fraction of sp³-hybridized carbons (Fsp3) is 0.375. The molecule has 216 valence electrons. The molecule has 0 saturated carbocycles. The number of hydrogen-bond acceptors (Lipinski definition) is 6. The normalized spacial score (nSPS) is 13.9. The number of nitrogens with zero attached hydrogens (tertiary/aromatic N) is 2. The predicted octanol–water partition coefficient (Wildman–Crippen LogP) is 5.29. The molecule has 4 rings (SSSR count). The van der Waals surface area contributed by atoms with Crippen LogP contribution in [0.5, 0.6) is 0 Å². The van der Waals surface area contributed by atoms with Gasteiger partial charge in [0.25, 0.3) is 5.91 Å². The summed E-state index contributed by atoms with van der Waals surface area (Å²) in [6.45, 7) is 3.42. The second-order valence-electron chi connectivity index (χ2n) is 10.9. The van der Waals surface area contributed by atoms with Crippen LogP contribution in [0.3, 0.4) is 0 Å². The van der Waals surface area contributed by atoms with Gasteiger partial charge in [0.2, 0.25) is 5.91 Å². The first kappa shape index (κ1) is 30.3. The monoisotopic (exact) mass is 576 g/mol. The van der Waals surface area contributed by atoms with Gasteiger partial charge in [-0.15, -0.1) is 11.3 Å². The number of carbonyl (C=O) groups excluding carboxylic acids is 2. The van der Waals surface area contributed by atoms with Gasteiger partial charge in [-0.25, -0.2) is 9.37 Å². The standard InChI is InChI=1S/C32H37FN4O3S/c1-32(2,33)16-14-23(30(39)34-17-15-24-11-8-18-41-24)20-29(38)27(19-22-9-4-3-5-10-22)37-31(40)28-21-35-25-12-6-7-13-26(25)36-28/h3-13,18,21,23,27,29,38H,14-17,19-20H2,1-2H3,(H,34,39)(H,37,40)/t23-,27+,29+/m1/s1. The Hall–Kier alpha value is -3.69. The first-order valence-electron chi connectivity index (χ1n) is 13.9. The van der Waals surface area contributed by atoms with Crippen molar-refractivity contribution in [2.45, 2.75) is 63.8 Å². The molecular formula is C32H37FN4O3S. The van der Waals surface area contributed by atoms with Crippen LogP contribution in [0.4, 0.5) is 4.39 Å². The summed E-state index contributed by atoms with van der Waals surface area (Å²) in [5, 5.41) is 19.3. The molecule has 0 bridgehead atoms. The van der Waals surface area contributed by atoms with Gasteiger partial charge in [0.05, 0.1) is 29.4 Å². The summed E-state index contributed by atoms with van der Waals surface area (Å²) in [5.74, 6) is -1.32. The summed E-state index contributed by atoms with van der Waals surface area (Å²) in [6, 6.07) is 20.1. The molecule has 41 heavy (non-hydrogen) atoms. The average Bonchev–Trinajstić information content (AvgIpc) is 3.48. The number of nitrogens with one attached hydrogen (secondary N) is 2. The molecule has 2 heterocycles. The molecule has 2 aromatic heterocycles. The Labute approximate surface area is 244 Å². The van der Waals surface area contributed by atoms with Crippen LogP contribution in [-0.2, 0) is 17.6 Å². The van der Waals surface area contributed by atoms with Crippen LogP contribution in [-0.4, -0.2) is 51.2 Å². The summed E-state index contributed by atoms with van der Waals surface area (Å²) >= 11 is 1.63. The first-order valence-corrected chi connectivity index (χ1v) is 14.8. The van der Waals surface area contributed by atoms with Crippen molar-refractivity contribution in [1.29, 1.82) is 0 Å². The highest BCUT2D eigenvalue weighted by Crippen LogP contribution is 2.24. The Bertz CT molecular complexity index is 1410. The second kappa shape index (κ2) is 14.3. The van der Waals surface area contributed by atoms with Crippen molar-refractivity contribution in [3.63, 3.8) is 0 Å². The number of hydrogen-bond donors (Lipinski definition) is 3. The van der Waals surface area contributed by atoms with Crippen molar-refractivity contribution in [3.05, 3.63) is 94.4 Å². The topological polar surface area (TPSA) is 104 Å². The Morgan fingerprint density at radius 2 is 1.76 bits per heavy atom. The summed E-state index contributed by atoms with van der Waals surface area (Å²) in [6.07, 6.45) is 1.91. The van der Waals surface area contributed by atoms with Gasteiger partial charge in [0.1, 0.15) is 11.4 Å². The van der Waals surface area contributed by atoms with Gasteiger partial charge < -0.3 is 15.7 Å². The summed E-state index contributed by atoms with van der Waals surface area (Å²) in [5.41, 5.74) is 0.869. The molecule has 0 unspecified atom stereocenters. The largest absolute Gasteiger partial charge is 0.391 e. The zero-order valence-electron chi connectivity index (χ0n) is 23.4. The molecule has 0 aliphatic heterocycles. The third kappa shape index (κ3) is 9.43. The van der Waals surface area contributed by atoms with Crippen LogP contribution in [0.25, 0.3) is 11.0 Å². The first-order chi connectivity index (χ1) is 19.7. The lowest BCUT2D eigenvalue weighted by Crippen LogP contribution is -2.47. The average molecular weight is 577 g/mol. The van der Waals surface area contributed by atoms with E-state index in [0.29, 0.717) is 30.4 Å². The quantitative estimate of drug-likeness (QED) is 0.189. The molecule has 3 N–H and O–H groups in total. The molecule has 7 nitrogen and oxygen atoms in total. The van der Waals surface area contributed by atoms with Crippen LogP contribution in [0, 0.1) is 5.92 Å². The maximum atomic E-state index is 14.4. The molecule has 0 aliphatic carbocycles. The number of halogens is 1. The molecule has 0 spiro atoms. The number of aliphatic hydroxyl groups is 1. The van der Waals surface area contributed by atoms with Crippen molar-refractivity contribution < 1.29 is 19.1 Å². The van der Waals surface area contributed by atoms with Crippen molar-refractivity contribution >= 4 is 34.2 Å². The van der Waals surface area contributed by atoms with E-state index < -0.39 is 29.6 Å². The Balaban J connectivity index is 1.49. The fourth-order valence-electron chi connectivity index (χ4n) is 4.70. The molecular weight excluding hydrogens is 539 g/mol. The van der Waals surface area contributed by atoms with E-state index in [1.54, 1.807) is 17.4 Å². The minimum atomic E-state index is -1.45. The molecule has 0 saturated heterocycles. The predicted molar refractivity (Wildman–Crippen MR) is 161 cm³/mol. The number of aromatic nitrogens is 2. The van der Waals surface area contributed by atoms with E-state index in [0.717, 1.165) is 10.4 Å². The lowest BCUT2D eigenvalue weighted by atomic mass is 9.87. The van der Waals surface area contributed by atoms with Gasteiger partial charge in [0, 0.05) is 17.3 Å². The molecule has 3 atom stereocenters. The van der Waals surface area contributed by atoms with Gasteiger partial charge >= 0.3 is 0 Å². The lowest BCUT2D eigenvalue weighted by Gasteiger charge is -2.28. The fourth-order valence-corrected chi connectivity index (χ4v) is 5.41. The van der Waals surface area contributed by atoms with Crippen LogP contribution < -0.4 is 10.6 Å². The zero-order valence-corrected chi connectivity index (χ0v) is 24.2. The number of para-hydroxylation sites is 2. The van der Waals surface area contributed by atoms with Crippen LogP contribution in [0.15, 0.2) is 78.3 Å². The number of aliphatic hydroxyl groups excluding tert-OH is 1. The van der Waals surface area contributed by atoms with Crippen LogP contribution >= 0.6 is 11.3 Å². The third-order valence-corrected chi connectivity index (χ3v) is 7.93.